The third-order valence-corrected chi connectivity index (χ3v) is 3.54. The molecule has 0 saturated heterocycles. The Morgan fingerprint density at radius 3 is 2.67 bits per heavy atom. The van der Waals surface area contributed by atoms with E-state index in [4.69, 9.17) is 4.52 Å². The van der Waals surface area contributed by atoms with Gasteiger partial charge in [0, 0.05) is 25.7 Å². The largest absolute Gasteiger partial charge is 0.351 e. The van der Waals surface area contributed by atoms with Crippen molar-refractivity contribution in [3.63, 3.8) is 0 Å². The smallest absolute Gasteiger partial charge is 0.292 e. The summed E-state index contributed by atoms with van der Waals surface area (Å²) in [4.78, 5) is 18.1. The fourth-order valence-electron chi connectivity index (χ4n) is 2.30. The van der Waals surface area contributed by atoms with E-state index in [0.717, 1.165) is 11.3 Å². The van der Waals surface area contributed by atoms with Gasteiger partial charge in [-0.3, -0.25) is 9.78 Å². The standard InChI is InChI=1S/C18H16FN3O2/c1-22(12-15-4-2-3-9-20-15)18(23)17-11-16(21-24-17)10-13-5-7-14(19)8-6-13/h2-9,11H,10,12H2,1H3. The molecule has 0 aliphatic heterocycles. The predicted molar refractivity (Wildman–Crippen MR) is 85.7 cm³/mol. The Morgan fingerprint density at radius 2 is 1.96 bits per heavy atom. The number of pyridine rings is 1. The Hall–Kier alpha value is -3.02. The molecule has 0 saturated carbocycles. The van der Waals surface area contributed by atoms with Crippen LogP contribution in [0.3, 0.4) is 0 Å². The van der Waals surface area contributed by atoms with E-state index in [1.165, 1.54) is 17.0 Å². The van der Waals surface area contributed by atoms with E-state index in [1.807, 2.05) is 18.2 Å². The van der Waals surface area contributed by atoms with Gasteiger partial charge in [0.15, 0.2) is 0 Å². The van der Waals surface area contributed by atoms with Crippen LogP contribution in [0.5, 0.6) is 0 Å². The Morgan fingerprint density at radius 1 is 1.17 bits per heavy atom. The molecule has 0 spiro atoms. The molecule has 24 heavy (non-hydrogen) atoms. The van der Waals surface area contributed by atoms with Crippen LogP contribution >= 0.6 is 0 Å². The van der Waals surface area contributed by atoms with Gasteiger partial charge in [0.1, 0.15) is 5.82 Å². The maximum absolute atomic E-state index is 12.9. The van der Waals surface area contributed by atoms with Gasteiger partial charge >= 0.3 is 0 Å². The van der Waals surface area contributed by atoms with Crippen LogP contribution in [0, 0.1) is 5.82 Å². The zero-order chi connectivity index (χ0) is 16.9. The zero-order valence-corrected chi connectivity index (χ0v) is 13.1. The van der Waals surface area contributed by atoms with Gasteiger partial charge in [-0.2, -0.15) is 0 Å². The summed E-state index contributed by atoms with van der Waals surface area (Å²) >= 11 is 0. The molecular weight excluding hydrogens is 309 g/mol. The summed E-state index contributed by atoms with van der Waals surface area (Å²) in [5.41, 5.74) is 2.31. The Labute approximate surface area is 138 Å². The first-order chi connectivity index (χ1) is 11.6. The average molecular weight is 325 g/mol. The first kappa shape index (κ1) is 15.9. The maximum Gasteiger partial charge on any atom is 0.292 e. The minimum atomic E-state index is -0.286. The van der Waals surface area contributed by atoms with Crippen LogP contribution < -0.4 is 0 Å². The van der Waals surface area contributed by atoms with Crippen molar-refractivity contribution in [2.45, 2.75) is 13.0 Å². The molecule has 0 fully saturated rings. The molecule has 2 aromatic heterocycles. The second kappa shape index (κ2) is 7.04. The molecule has 1 amide bonds. The van der Waals surface area contributed by atoms with Crippen molar-refractivity contribution >= 4 is 5.91 Å². The van der Waals surface area contributed by atoms with Crippen LogP contribution in [0.4, 0.5) is 4.39 Å². The van der Waals surface area contributed by atoms with E-state index in [9.17, 15) is 9.18 Å². The fraction of sp³-hybridized carbons (Fsp3) is 0.167. The second-order valence-corrected chi connectivity index (χ2v) is 5.47. The van der Waals surface area contributed by atoms with Gasteiger partial charge in [-0.1, -0.05) is 23.4 Å². The van der Waals surface area contributed by atoms with Crippen LogP contribution in [-0.2, 0) is 13.0 Å². The molecule has 2 heterocycles. The zero-order valence-electron chi connectivity index (χ0n) is 13.1. The van der Waals surface area contributed by atoms with E-state index >= 15 is 0 Å². The molecule has 3 aromatic rings. The quantitative estimate of drug-likeness (QED) is 0.723. The molecule has 0 unspecified atom stereocenters. The van der Waals surface area contributed by atoms with Gasteiger partial charge < -0.3 is 9.42 Å². The molecule has 0 aliphatic carbocycles. The third-order valence-electron chi connectivity index (χ3n) is 3.54. The third kappa shape index (κ3) is 3.84. The number of aromatic nitrogens is 2. The van der Waals surface area contributed by atoms with Gasteiger partial charge in [-0.25, -0.2) is 4.39 Å². The first-order valence-electron chi connectivity index (χ1n) is 7.47. The molecule has 0 atom stereocenters. The summed E-state index contributed by atoms with van der Waals surface area (Å²) in [6, 6.07) is 13.3. The normalized spacial score (nSPS) is 10.6. The summed E-state index contributed by atoms with van der Waals surface area (Å²) in [6.07, 6.45) is 2.16. The molecule has 0 bridgehead atoms. The number of hydrogen-bond donors (Lipinski definition) is 0. The van der Waals surface area contributed by atoms with Crippen molar-refractivity contribution in [2.75, 3.05) is 7.05 Å². The molecule has 5 nitrogen and oxygen atoms in total. The highest BCUT2D eigenvalue weighted by atomic mass is 19.1. The fourth-order valence-corrected chi connectivity index (χ4v) is 2.30. The van der Waals surface area contributed by atoms with E-state index in [1.54, 1.807) is 31.4 Å². The van der Waals surface area contributed by atoms with Crippen molar-refractivity contribution in [2.24, 2.45) is 0 Å². The van der Waals surface area contributed by atoms with Crippen LogP contribution in [0.1, 0.15) is 27.5 Å². The van der Waals surface area contributed by atoms with Crippen LogP contribution in [0.2, 0.25) is 0 Å². The van der Waals surface area contributed by atoms with Crippen LogP contribution in [-0.4, -0.2) is 28.0 Å². The summed E-state index contributed by atoms with van der Waals surface area (Å²) in [5.74, 6) is -0.380. The van der Waals surface area contributed by atoms with Crippen LogP contribution in [0.25, 0.3) is 0 Å². The number of nitrogens with zero attached hydrogens (tertiary/aromatic N) is 3. The lowest BCUT2D eigenvalue weighted by atomic mass is 10.1. The van der Waals surface area contributed by atoms with Crippen molar-refractivity contribution in [1.82, 2.24) is 15.0 Å². The molecule has 1 aromatic carbocycles. The molecule has 0 aliphatic rings. The summed E-state index contributed by atoms with van der Waals surface area (Å²) in [6.45, 7) is 0.383. The van der Waals surface area contributed by atoms with E-state index in [-0.39, 0.29) is 17.5 Å². The predicted octanol–water partition coefficient (Wildman–Crippen LogP) is 3.07. The number of carbonyl (C=O) groups is 1. The Balaban J connectivity index is 1.65. The van der Waals surface area contributed by atoms with Crippen LogP contribution in [0.15, 0.2) is 59.3 Å². The average Bonchev–Trinajstić information content (AvgIpc) is 3.05. The SMILES string of the molecule is CN(Cc1ccccn1)C(=O)c1cc(Cc2ccc(F)cc2)no1. The highest BCUT2D eigenvalue weighted by Gasteiger charge is 2.18. The summed E-state index contributed by atoms with van der Waals surface area (Å²) in [7, 11) is 1.68. The van der Waals surface area contributed by atoms with E-state index in [2.05, 4.69) is 10.1 Å². The van der Waals surface area contributed by atoms with Gasteiger partial charge in [0.05, 0.1) is 17.9 Å². The molecule has 3 rings (SSSR count). The highest BCUT2D eigenvalue weighted by Crippen LogP contribution is 2.13. The first-order valence-corrected chi connectivity index (χ1v) is 7.47. The summed E-state index contributed by atoms with van der Waals surface area (Å²) < 4.78 is 18.1. The minimum absolute atomic E-state index is 0.172. The topological polar surface area (TPSA) is 59.2 Å². The number of benzene rings is 1. The number of carbonyl (C=O) groups excluding carboxylic acids is 1. The van der Waals surface area contributed by atoms with Crippen molar-refractivity contribution in [3.05, 3.63) is 83.3 Å². The molecule has 0 N–H and O–H groups in total. The monoisotopic (exact) mass is 325 g/mol. The van der Waals surface area contributed by atoms with E-state index in [0.29, 0.717) is 18.7 Å². The van der Waals surface area contributed by atoms with Gasteiger partial charge in [0.25, 0.3) is 5.91 Å². The number of halogens is 1. The van der Waals surface area contributed by atoms with Crippen molar-refractivity contribution in [3.8, 4) is 0 Å². The lowest BCUT2D eigenvalue weighted by molar-refractivity contribution is 0.0741. The molecule has 122 valence electrons. The highest BCUT2D eigenvalue weighted by molar-refractivity contribution is 5.91. The molecular formula is C18H16FN3O2. The van der Waals surface area contributed by atoms with Gasteiger partial charge in [-0.15, -0.1) is 0 Å². The lowest BCUT2D eigenvalue weighted by Gasteiger charge is -2.14. The lowest BCUT2D eigenvalue weighted by Crippen LogP contribution is -2.26. The minimum Gasteiger partial charge on any atom is -0.351 e. The molecule has 6 heteroatoms. The summed E-state index contributed by atoms with van der Waals surface area (Å²) in [5, 5.41) is 3.91. The molecule has 0 radical (unpaired) electrons. The number of hydrogen-bond acceptors (Lipinski definition) is 4. The number of rotatable bonds is 5. The van der Waals surface area contributed by atoms with Crippen molar-refractivity contribution in [1.29, 1.82) is 0 Å². The van der Waals surface area contributed by atoms with Crippen molar-refractivity contribution < 1.29 is 13.7 Å². The van der Waals surface area contributed by atoms with Gasteiger partial charge in [0.2, 0.25) is 5.76 Å². The Bertz CT molecular complexity index is 816. The van der Waals surface area contributed by atoms with E-state index < -0.39 is 0 Å². The Kier molecular flexibility index (Phi) is 4.65. The number of amides is 1. The van der Waals surface area contributed by atoms with Gasteiger partial charge in [-0.05, 0) is 29.8 Å². The maximum atomic E-state index is 12.9. The second-order valence-electron chi connectivity index (χ2n) is 5.47.